The van der Waals surface area contributed by atoms with Gasteiger partial charge in [0.2, 0.25) is 5.91 Å². The maximum atomic E-state index is 11.0. The first-order valence-electron chi connectivity index (χ1n) is 5.68. The Labute approximate surface area is 99.1 Å². The molecule has 0 fully saturated rings. The first kappa shape index (κ1) is 10.1. The Morgan fingerprint density at radius 3 is 3.00 bits per heavy atom. The van der Waals surface area contributed by atoms with Crippen molar-refractivity contribution in [2.24, 2.45) is 5.73 Å². The monoisotopic (exact) mass is 227 g/mol. The predicted octanol–water partition coefficient (Wildman–Crippen LogP) is 0.999. The average molecular weight is 227 g/mol. The quantitative estimate of drug-likeness (QED) is 0.832. The molecule has 0 bridgehead atoms. The number of para-hydroxylation sites is 1. The fourth-order valence-electron chi connectivity index (χ4n) is 2.39. The lowest BCUT2D eigenvalue weighted by Crippen LogP contribution is -2.19. The average Bonchev–Trinajstić information content (AvgIpc) is 2.72. The molecular weight excluding hydrogens is 214 g/mol. The number of aryl methyl sites for hydroxylation is 2. The van der Waals surface area contributed by atoms with Crippen LogP contribution >= 0.6 is 0 Å². The molecule has 4 heteroatoms. The Hall–Kier alpha value is -2.10. The van der Waals surface area contributed by atoms with E-state index >= 15 is 0 Å². The summed E-state index contributed by atoms with van der Waals surface area (Å²) >= 11 is 0. The van der Waals surface area contributed by atoms with Gasteiger partial charge in [-0.15, -0.1) is 0 Å². The van der Waals surface area contributed by atoms with Crippen LogP contribution in [-0.2, 0) is 24.1 Å². The number of benzene rings is 1. The highest BCUT2D eigenvalue weighted by atomic mass is 16.1. The molecule has 2 aromatic rings. The maximum absolute atomic E-state index is 11.0. The van der Waals surface area contributed by atoms with Gasteiger partial charge in [0.1, 0.15) is 5.82 Å². The summed E-state index contributed by atoms with van der Waals surface area (Å²) in [5.74, 6) is 0.690. The Bertz CT molecular complexity index is 586. The fourth-order valence-corrected chi connectivity index (χ4v) is 2.39. The molecule has 1 amide bonds. The number of carbonyl (C=O) groups is 1. The maximum Gasteiger partial charge on any atom is 0.223 e. The van der Waals surface area contributed by atoms with Crippen molar-refractivity contribution in [2.45, 2.75) is 19.3 Å². The molecule has 0 saturated heterocycles. The summed E-state index contributed by atoms with van der Waals surface area (Å²) in [5.41, 5.74) is 8.55. The third kappa shape index (κ3) is 1.62. The topological polar surface area (TPSA) is 60.9 Å². The minimum Gasteiger partial charge on any atom is -0.369 e. The molecule has 3 rings (SSSR count). The van der Waals surface area contributed by atoms with E-state index in [1.807, 2.05) is 12.1 Å². The molecule has 1 aliphatic heterocycles. The number of primary amides is 1. The van der Waals surface area contributed by atoms with E-state index < -0.39 is 0 Å². The van der Waals surface area contributed by atoms with Gasteiger partial charge in [0.05, 0.1) is 17.8 Å². The molecule has 0 radical (unpaired) electrons. The van der Waals surface area contributed by atoms with Crippen molar-refractivity contribution in [1.82, 2.24) is 9.55 Å². The van der Waals surface area contributed by atoms with Crippen LogP contribution in [0.4, 0.5) is 0 Å². The van der Waals surface area contributed by atoms with Gasteiger partial charge >= 0.3 is 0 Å². The highest BCUT2D eigenvalue weighted by Gasteiger charge is 2.19. The lowest BCUT2D eigenvalue weighted by molar-refractivity contribution is -0.117. The van der Waals surface area contributed by atoms with Crippen LogP contribution in [0, 0.1) is 0 Å². The zero-order valence-corrected chi connectivity index (χ0v) is 9.39. The van der Waals surface area contributed by atoms with Gasteiger partial charge in [-0.1, -0.05) is 18.2 Å². The first-order valence-corrected chi connectivity index (χ1v) is 5.68. The van der Waals surface area contributed by atoms with Crippen LogP contribution in [0.1, 0.15) is 17.1 Å². The number of amides is 1. The van der Waals surface area contributed by atoms with E-state index in [1.165, 1.54) is 5.56 Å². The summed E-state index contributed by atoms with van der Waals surface area (Å²) in [4.78, 5) is 15.4. The van der Waals surface area contributed by atoms with Crippen LogP contribution in [0.3, 0.4) is 0 Å². The number of nitrogens with two attached hydrogens (primary N) is 1. The van der Waals surface area contributed by atoms with Gasteiger partial charge in [-0.2, -0.15) is 0 Å². The van der Waals surface area contributed by atoms with Crippen LogP contribution in [0.5, 0.6) is 0 Å². The van der Waals surface area contributed by atoms with Gasteiger partial charge in [-0.3, -0.25) is 9.36 Å². The third-order valence-corrected chi connectivity index (χ3v) is 3.11. The Balaban J connectivity index is 2.15. The zero-order chi connectivity index (χ0) is 11.8. The number of imidazole rings is 1. The SMILES string of the molecule is NC(=O)Cc1cnc2n1-c1ccccc1CC2. The molecule has 0 unspecified atom stereocenters. The first-order chi connectivity index (χ1) is 8.25. The fraction of sp³-hybridized carbons (Fsp3) is 0.231. The van der Waals surface area contributed by atoms with Crippen LogP contribution < -0.4 is 5.73 Å². The normalized spacial score (nSPS) is 12.9. The van der Waals surface area contributed by atoms with Gasteiger partial charge in [0.15, 0.2) is 0 Å². The highest BCUT2D eigenvalue weighted by molar-refractivity contribution is 5.76. The van der Waals surface area contributed by atoms with Crippen molar-refractivity contribution < 1.29 is 4.79 Å². The van der Waals surface area contributed by atoms with E-state index in [9.17, 15) is 4.79 Å². The van der Waals surface area contributed by atoms with Crippen LogP contribution in [0.15, 0.2) is 30.5 Å². The molecule has 0 aliphatic carbocycles. The molecule has 2 heterocycles. The third-order valence-electron chi connectivity index (χ3n) is 3.11. The van der Waals surface area contributed by atoms with Crippen molar-refractivity contribution in [3.8, 4) is 5.69 Å². The lowest BCUT2D eigenvalue weighted by Gasteiger charge is -2.20. The minimum atomic E-state index is -0.323. The number of carbonyl (C=O) groups excluding carboxylic acids is 1. The smallest absolute Gasteiger partial charge is 0.223 e. The number of nitrogens with zero attached hydrogens (tertiary/aromatic N) is 2. The molecule has 2 N–H and O–H groups in total. The molecule has 4 nitrogen and oxygen atoms in total. The number of rotatable bonds is 2. The van der Waals surface area contributed by atoms with E-state index in [0.29, 0.717) is 0 Å². The van der Waals surface area contributed by atoms with E-state index in [-0.39, 0.29) is 12.3 Å². The van der Waals surface area contributed by atoms with Crippen LogP contribution in [0.2, 0.25) is 0 Å². The minimum absolute atomic E-state index is 0.237. The van der Waals surface area contributed by atoms with Crippen molar-refractivity contribution in [3.63, 3.8) is 0 Å². The summed E-state index contributed by atoms with van der Waals surface area (Å²) in [6.07, 6.45) is 3.91. The molecule has 1 aliphatic rings. The van der Waals surface area contributed by atoms with Crippen molar-refractivity contribution in [3.05, 3.63) is 47.5 Å². The van der Waals surface area contributed by atoms with Crippen LogP contribution in [0.25, 0.3) is 5.69 Å². The zero-order valence-electron chi connectivity index (χ0n) is 9.39. The highest BCUT2D eigenvalue weighted by Crippen LogP contribution is 2.25. The standard InChI is InChI=1S/C13H13N3O/c14-12(17)7-10-8-15-13-6-5-9-3-1-2-4-11(9)16(10)13/h1-4,8H,5-7H2,(H2,14,17). The Kier molecular flexibility index (Phi) is 2.21. The number of fused-ring (bicyclic) bond motifs is 3. The second-order valence-electron chi connectivity index (χ2n) is 4.27. The van der Waals surface area contributed by atoms with Gasteiger partial charge in [-0.25, -0.2) is 4.98 Å². The second kappa shape index (κ2) is 3.73. The number of hydrogen-bond donors (Lipinski definition) is 1. The van der Waals surface area contributed by atoms with E-state index in [2.05, 4.69) is 21.7 Å². The summed E-state index contributed by atoms with van der Waals surface area (Å²) in [6.45, 7) is 0. The lowest BCUT2D eigenvalue weighted by atomic mass is 10.0. The van der Waals surface area contributed by atoms with Gasteiger partial charge in [-0.05, 0) is 18.1 Å². The Morgan fingerprint density at radius 1 is 1.35 bits per heavy atom. The van der Waals surface area contributed by atoms with Crippen molar-refractivity contribution >= 4 is 5.91 Å². The molecular formula is C13H13N3O. The summed E-state index contributed by atoms with van der Waals surface area (Å²) in [6, 6.07) is 8.22. The summed E-state index contributed by atoms with van der Waals surface area (Å²) in [5, 5.41) is 0. The molecule has 86 valence electrons. The van der Waals surface area contributed by atoms with Crippen molar-refractivity contribution in [2.75, 3.05) is 0 Å². The molecule has 0 spiro atoms. The molecule has 0 atom stereocenters. The molecule has 1 aromatic carbocycles. The summed E-state index contributed by atoms with van der Waals surface area (Å²) < 4.78 is 2.06. The van der Waals surface area contributed by atoms with E-state index in [0.717, 1.165) is 30.0 Å². The Morgan fingerprint density at radius 2 is 2.18 bits per heavy atom. The number of aromatic nitrogens is 2. The van der Waals surface area contributed by atoms with Gasteiger partial charge in [0, 0.05) is 12.6 Å². The summed E-state index contributed by atoms with van der Waals surface area (Å²) in [7, 11) is 0. The van der Waals surface area contributed by atoms with Crippen molar-refractivity contribution in [1.29, 1.82) is 0 Å². The largest absolute Gasteiger partial charge is 0.369 e. The van der Waals surface area contributed by atoms with E-state index in [4.69, 9.17) is 5.73 Å². The van der Waals surface area contributed by atoms with Gasteiger partial charge < -0.3 is 5.73 Å². The molecule has 0 saturated carbocycles. The number of hydrogen-bond acceptors (Lipinski definition) is 2. The predicted molar refractivity (Wildman–Crippen MR) is 63.9 cm³/mol. The molecule has 17 heavy (non-hydrogen) atoms. The van der Waals surface area contributed by atoms with Crippen LogP contribution in [-0.4, -0.2) is 15.5 Å². The molecule has 1 aromatic heterocycles. The second-order valence-corrected chi connectivity index (χ2v) is 4.27. The van der Waals surface area contributed by atoms with E-state index in [1.54, 1.807) is 6.20 Å². The van der Waals surface area contributed by atoms with Gasteiger partial charge in [0.25, 0.3) is 0 Å².